The second kappa shape index (κ2) is 11.4. The molecule has 30 heavy (non-hydrogen) atoms. The molecule has 0 aliphatic heterocycles. The zero-order chi connectivity index (χ0) is 21.3. The molecule has 160 valence electrons. The summed E-state index contributed by atoms with van der Waals surface area (Å²) >= 11 is 7.33. The molecule has 1 N–H and O–H groups in total. The molecule has 10 heteroatoms. The Hall–Kier alpha value is -2.04. The predicted octanol–water partition coefficient (Wildman–Crippen LogP) is 3.67. The fourth-order valence-electron chi connectivity index (χ4n) is 2.62. The smallest absolute Gasteiger partial charge is 0.135 e. The average molecular weight is 453 g/mol. The molecule has 3 heterocycles. The van der Waals surface area contributed by atoms with Crippen molar-refractivity contribution >= 4 is 23.4 Å². The highest BCUT2D eigenvalue weighted by atomic mass is 35.5. The van der Waals surface area contributed by atoms with Crippen LogP contribution in [0, 0.1) is 5.82 Å². The summed E-state index contributed by atoms with van der Waals surface area (Å²) in [5.41, 5.74) is 0.535. The van der Waals surface area contributed by atoms with Crippen LogP contribution in [0.4, 0.5) is 4.39 Å². The van der Waals surface area contributed by atoms with Crippen LogP contribution in [0.25, 0.3) is 11.3 Å². The molecule has 3 aromatic rings. The number of hydrogen-bond acceptors (Lipinski definition) is 7. The van der Waals surface area contributed by atoms with Gasteiger partial charge in [-0.15, -0.1) is 0 Å². The van der Waals surface area contributed by atoms with Crippen LogP contribution in [-0.4, -0.2) is 56.2 Å². The maximum absolute atomic E-state index is 13.4. The number of ether oxygens (including phenoxy) is 2. The second-order valence-corrected chi connectivity index (χ2v) is 7.88. The van der Waals surface area contributed by atoms with E-state index in [1.807, 2.05) is 6.92 Å². The van der Waals surface area contributed by atoms with Crippen molar-refractivity contribution in [2.24, 2.45) is 0 Å². The highest BCUT2D eigenvalue weighted by molar-refractivity contribution is 7.99. The predicted molar refractivity (Wildman–Crippen MR) is 113 cm³/mol. The van der Waals surface area contributed by atoms with Gasteiger partial charge >= 0.3 is 0 Å². The molecule has 7 nitrogen and oxygen atoms in total. The molecule has 0 aromatic carbocycles. The van der Waals surface area contributed by atoms with E-state index in [0.717, 1.165) is 4.90 Å². The summed E-state index contributed by atoms with van der Waals surface area (Å²) in [6.07, 6.45) is 6.99. The molecule has 0 fully saturated rings. The quantitative estimate of drug-likeness (QED) is 0.270. The molecule has 1 unspecified atom stereocenters. The maximum Gasteiger partial charge on any atom is 0.135 e. The van der Waals surface area contributed by atoms with E-state index in [0.29, 0.717) is 36.1 Å². The molecule has 0 spiro atoms. The van der Waals surface area contributed by atoms with E-state index in [1.165, 1.54) is 30.1 Å². The summed E-state index contributed by atoms with van der Waals surface area (Å²) in [6.45, 7) is 3.42. The Bertz CT molecular complexity index is 946. The lowest BCUT2D eigenvalue weighted by atomic mass is 10.2. The lowest BCUT2D eigenvalue weighted by Crippen LogP contribution is -2.31. The van der Waals surface area contributed by atoms with Crippen molar-refractivity contribution in [3.63, 3.8) is 0 Å². The van der Waals surface area contributed by atoms with E-state index in [9.17, 15) is 9.50 Å². The van der Waals surface area contributed by atoms with E-state index < -0.39 is 11.5 Å². The largest absolute Gasteiger partial charge is 0.388 e. The van der Waals surface area contributed by atoms with Crippen LogP contribution < -0.4 is 0 Å². The molecule has 0 radical (unpaired) electrons. The molecule has 0 aliphatic rings. The minimum absolute atomic E-state index is 0.176. The van der Waals surface area contributed by atoms with Crippen molar-refractivity contribution in [1.82, 2.24) is 19.7 Å². The van der Waals surface area contributed by atoms with E-state index >= 15 is 0 Å². The fraction of sp³-hybridized carbons (Fsp3) is 0.350. The number of rotatable bonds is 11. The SMILES string of the molecule is CCOCCOC(Sc1cncc(Cl)c1)[C@@H](O)Cn1cc(-c2cc(F)ccn2)cn1. The van der Waals surface area contributed by atoms with Crippen molar-refractivity contribution in [2.45, 2.75) is 29.9 Å². The van der Waals surface area contributed by atoms with Crippen molar-refractivity contribution < 1.29 is 19.0 Å². The monoisotopic (exact) mass is 452 g/mol. The highest BCUT2D eigenvalue weighted by Crippen LogP contribution is 2.28. The number of aromatic nitrogens is 4. The van der Waals surface area contributed by atoms with E-state index in [2.05, 4.69) is 15.1 Å². The number of nitrogens with zero attached hydrogens (tertiary/aromatic N) is 4. The summed E-state index contributed by atoms with van der Waals surface area (Å²) < 4.78 is 26.2. The number of thioether (sulfide) groups is 1. The minimum atomic E-state index is -0.885. The van der Waals surface area contributed by atoms with Gasteiger partial charge in [0, 0.05) is 47.9 Å². The van der Waals surface area contributed by atoms with Gasteiger partial charge in [-0.3, -0.25) is 14.6 Å². The Kier molecular flexibility index (Phi) is 8.59. The first-order valence-electron chi connectivity index (χ1n) is 9.34. The maximum atomic E-state index is 13.4. The summed E-state index contributed by atoms with van der Waals surface area (Å²) in [5, 5.41) is 15.5. The van der Waals surface area contributed by atoms with Crippen LogP contribution in [0.1, 0.15) is 6.92 Å². The van der Waals surface area contributed by atoms with Crippen molar-refractivity contribution in [3.8, 4) is 11.3 Å². The fourth-order valence-corrected chi connectivity index (χ4v) is 3.85. The zero-order valence-corrected chi connectivity index (χ0v) is 17.9. The normalized spacial score (nSPS) is 13.3. The number of aliphatic hydroxyl groups is 1. The van der Waals surface area contributed by atoms with Crippen LogP contribution in [0.5, 0.6) is 0 Å². The molecule has 0 saturated carbocycles. The highest BCUT2D eigenvalue weighted by Gasteiger charge is 2.23. The first-order valence-corrected chi connectivity index (χ1v) is 10.6. The van der Waals surface area contributed by atoms with Crippen LogP contribution >= 0.6 is 23.4 Å². The molecular weight excluding hydrogens is 431 g/mol. The van der Waals surface area contributed by atoms with Gasteiger partial charge in [-0.05, 0) is 19.1 Å². The van der Waals surface area contributed by atoms with Gasteiger partial charge < -0.3 is 14.6 Å². The number of aliphatic hydroxyl groups excluding tert-OH is 1. The molecular formula is C20H22ClFN4O3S. The van der Waals surface area contributed by atoms with Crippen LogP contribution in [-0.2, 0) is 16.0 Å². The first-order chi connectivity index (χ1) is 14.5. The van der Waals surface area contributed by atoms with Gasteiger partial charge in [0.1, 0.15) is 17.4 Å². The Labute approximate surface area is 183 Å². The topological polar surface area (TPSA) is 82.3 Å². The van der Waals surface area contributed by atoms with Crippen molar-refractivity contribution in [1.29, 1.82) is 0 Å². The Morgan fingerprint density at radius 1 is 1.27 bits per heavy atom. The third kappa shape index (κ3) is 6.75. The van der Waals surface area contributed by atoms with E-state index in [1.54, 1.807) is 35.5 Å². The number of hydrogen-bond donors (Lipinski definition) is 1. The van der Waals surface area contributed by atoms with Gasteiger partial charge in [0.2, 0.25) is 0 Å². The van der Waals surface area contributed by atoms with Gasteiger partial charge in [-0.1, -0.05) is 23.4 Å². The van der Waals surface area contributed by atoms with Crippen molar-refractivity contribution in [2.75, 3.05) is 19.8 Å². The van der Waals surface area contributed by atoms with Gasteiger partial charge in [-0.2, -0.15) is 5.10 Å². The van der Waals surface area contributed by atoms with Crippen LogP contribution in [0.15, 0.2) is 54.1 Å². The standard InChI is InChI=1S/C20H22ClFN4O3S/c1-2-28-5-6-29-20(30-17-7-15(21)10-23-11-17)19(27)13-26-12-14(9-25-26)18-8-16(22)3-4-24-18/h3-4,7-12,19-20,27H,2,5-6,13H2,1H3/t19-,20?/m0/s1. The van der Waals surface area contributed by atoms with E-state index in [-0.39, 0.29) is 12.4 Å². The van der Waals surface area contributed by atoms with E-state index in [4.69, 9.17) is 21.1 Å². The molecule has 3 aromatic heterocycles. The van der Waals surface area contributed by atoms with Crippen molar-refractivity contribution in [3.05, 3.63) is 60.0 Å². The van der Waals surface area contributed by atoms with Gasteiger partial charge in [0.25, 0.3) is 0 Å². The number of halogens is 2. The molecule has 0 amide bonds. The van der Waals surface area contributed by atoms with Gasteiger partial charge in [0.15, 0.2) is 0 Å². The third-order valence-electron chi connectivity index (χ3n) is 3.99. The van der Waals surface area contributed by atoms with Crippen LogP contribution in [0.2, 0.25) is 5.02 Å². The summed E-state index contributed by atoms with van der Waals surface area (Å²) in [4.78, 5) is 8.98. The molecule has 0 aliphatic carbocycles. The average Bonchev–Trinajstić information content (AvgIpc) is 3.19. The molecule has 2 atom stereocenters. The molecule has 3 rings (SSSR count). The van der Waals surface area contributed by atoms with Gasteiger partial charge in [0.05, 0.1) is 36.7 Å². The van der Waals surface area contributed by atoms with Crippen LogP contribution in [0.3, 0.4) is 0 Å². The third-order valence-corrected chi connectivity index (χ3v) is 5.37. The summed E-state index contributed by atoms with van der Waals surface area (Å²) in [5.74, 6) is -0.373. The second-order valence-electron chi connectivity index (χ2n) is 6.27. The zero-order valence-electron chi connectivity index (χ0n) is 16.3. The Morgan fingerprint density at radius 2 is 2.13 bits per heavy atom. The summed E-state index contributed by atoms with van der Waals surface area (Å²) in [7, 11) is 0. The molecule has 0 bridgehead atoms. The Balaban J connectivity index is 1.68. The van der Waals surface area contributed by atoms with Gasteiger partial charge in [-0.25, -0.2) is 4.39 Å². The lowest BCUT2D eigenvalue weighted by Gasteiger charge is -2.23. The number of pyridine rings is 2. The Morgan fingerprint density at radius 3 is 2.90 bits per heavy atom. The lowest BCUT2D eigenvalue weighted by molar-refractivity contribution is -0.0182. The minimum Gasteiger partial charge on any atom is -0.388 e. The molecule has 0 saturated heterocycles. The summed E-state index contributed by atoms with van der Waals surface area (Å²) in [6, 6.07) is 4.37. The first kappa shape index (κ1) is 22.6.